The zero-order valence-electron chi connectivity index (χ0n) is 12.6. The monoisotopic (exact) mass is 341 g/mol. The summed E-state index contributed by atoms with van der Waals surface area (Å²) in [7, 11) is 1.86. The Morgan fingerprint density at radius 2 is 2.09 bits per heavy atom. The van der Waals surface area contributed by atoms with Gasteiger partial charge in [-0.1, -0.05) is 42.1 Å². The summed E-state index contributed by atoms with van der Waals surface area (Å²) in [6.45, 7) is 0.823. The highest BCUT2D eigenvalue weighted by Gasteiger charge is 2.30. The number of thioether (sulfide) groups is 1. The van der Waals surface area contributed by atoms with E-state index in [0.717, 1.165) is 28.2 Å². The highest BCUT2D eigenvalue weighted by molar-refractivity contribution is 8.00. The molecule has 0 bridgehead atoms. The lowest BCUT2D eigenvalue weighted by atomic mass is 10.2. The van der Waals surface area contributed by atoms with Gasteiger partial charge in [-0.2, -0.15) is 0 Å². The molecule has 3 aromatic rings. The number of nitrogens with zero attached hydrogens (tertiary/aromatic N) is 3. The van der Waals surface area contributed by atoms with E-state index in [-0.39, 0.29) is 11.2 Å². The van der Waals surface area contributed by atoms with Crippen LogP contribution in [0.1, 0.15) is 6.42 Å². The number of hydrogen-bond donors (Lipinski definition) is 0. The van der Waals surface area contributed by atoms with Crippen LogP contribution in [0.4, 0.5) is 0 Å². The van der Waals surface area contributed by atoms with Crippen LogP contribution in [-0.4, -0.2) is 39.6 Å². The zero-order chi connectivity index (χ0) is 15.8. The van der Waals surface area contributed by atoms with Gasteiger partial charge in [-0.05, 0) is 18.1 Å². The zero-order valence-corrected chi connectivity index (χ0v) is 14.2. The number of fused-ring (bicyclic) bond motifs is 1. The Morgan fingerprint density at radius 3 is 2.83 bits per heavy atom. The van der Waals surface area contributed by atoms with Gasteiger partial charge in [-0.3, -0.25) is 4.79 Å². The molecule has 116 valence electrons. The van der Waals surface area contributed by atoms with E-state index in [4.69, 9.17) is 0 Å². The molecule has 1 fully saturated rings. The molecule has 0 N–H and O–H groups in total. The fourth-order valence-electron chi connectivity index (χ4n) is 2.71. The molecule has 1 amide bonds. The van der Waals surface area contributed by atoms with Gasteiger partial charge in [-0.15, -0.1) is 11.3 Å². The van der Waals surface area contributed by atoms with Crippen LogP contribution in [0.25, 0.3) is 20.7 Å². The molecule has 3 heterocycles. The molecule has 0 saturated carbocycles. The Hall–Kier alpha value is -1.92. The molecule has 1 unspecified atom stereocenters. The van der Waals surface area contributed by atoms with E-state index < -0.39 is 0 Å². The van der Waals surface area contributed by atoms with Crippen LogP contribution in [0.5, 0.6) is 0 Å². The molecule has 1 aliphatic rings. The van der Waals surface area contributed by atoms with Crippen molar-refractivity contribution >= 4 is 39.2 Å². The van der Waals surface area contributed by atoms with Gasteiger partial charge in [0.05, 0.1) is 5.25 Å². The van der Waals surface area contributed by atoms with Crippen LogP contribution in [0, 0.1) is 0 Å². The molecule has 4 nitrogen and oxygen atoms in total. The van der Waals surface area contributed by atoms with E-state index in [1.54, 1.807) is 34.3 Å². The van der Waals surface area contributed by atoms with Gasteiger partial charge in [-0.25, -0.2) is 9.97 Å². The van der Waals surface area contributed by atoms with Gasteiger partial charge in [0, 0.05) is 23.9 Å². The van der Waals surface area contributed by atoms with Crippen molar-refractivity contribution in [2.24, 2.45) is 0 Å². The second kappa shape index (κ2) is 5.94. The van der Waals surface area contributed by atoms with Crippen LogP contribution in [-0.2, 0) is 4.79 Å². The summed E-state index contributed by atoms with van der Waals surface area (Å²) >= 11 is 3.23. The van der Waals surface area contributed by atoms with Crippen molar-refractivity contribution in [2.45, 2.75) is 16.7 Å². The molecule has 4 rings (SSSR count). The van der Waals surface area contributed by atoms with E-state index in [1.807, 2.05) is 25.2 Å². The molecule has 23 heavy (non-hydrogen) atoms. The van der Waals surface area contributed by atoms with E-state index in [1.165, 1.54) is 10.4 Å². The largest absolute Gasteiger partial charge is 0.345 e. The van der Waals surface area contributed by atoms with E-state index in [2.05, 4.69) is 28.2 Å². The topological polar surface area (TPSA) is 46.1 Å². The Bertz CT molecular complexity index is 863. The van der Waals surface area contributed by atoms with Gasteiger partial charge in [0.2, 0.25) is 5.91 Å². The minimum absolute atomic E-state index is 0.0295. The van der Waals surface area contributed by atoms with Crippen molar-refractivity contribution < 1.29 is 4.79 Å². The number of aromatic nitrogens is 2. The van der Waals surface area contributed by atoms with Gasteiger partial charge in [0.25, 0.3) is 0 Å². The first-order chi connectivity index (χ1) is 11.2. The molecule has 1 saturated heterocycles. The molecule has 1 atom stereocenters. The quantitative estimate of drug-likeness (QED) is 0.682. The lowest BCUT2D eigenvalue weighted by Crippen LogP contribution is -2.23. The van der Waals surface area contributed by atoms with Crippen LogP contribution in [0.15, 0.2) is 47.8 Å². The second-order valence-electron chi connectivity index (χ2n) is 5.53. The molecule has 1 aliphatic heterocycles. The minimum Gasteiger partial charge on any atom is -0.345 e. The van der Waals surface area contributed by atoms with Crippen molar-refractivity contribution in [3.05, 3.63) is 42.7 Å². The smallest absolute Gasteiger partial charge is 0.235 e. The minimum atomic E-state index is -0.0295. The van der Waals surface area contributed by atoms with Crippen molar-refractivity contribution in [3.63, 3.8) is 0 Å². The van der Waals surface area contributed by atoms with E-state index >= 15 is 0 Å². The van der Waals surface area contributed by atoms with Gasteiger partial charge >= 0.3 is 0 Å². The highest BCUT2D eigenvalue weighted by atomic mass is 32.2. The fourth-order valence-corrected chi connectivity index (χ4v) is 4.94. The first-order valence-electron chi connectivity index (χ1n) is 7.44. The van der Waals surface area contributed by atoms with Crippen molar-refractivity contribution in [3.8, 4) is 10.4 Å². The molecule has 6 heteroatoms. The predicted octanol–water partition coefficient (Wildman–Crippen LogP) is 3.68. The summed E-state index contributed by atoms with van der Waals surface area (Å²) in [5.74, 6) is 0.195. The fraction of sp³-hybridized carbons (Fsp3) is 0.235. The van der Waals surface area contributed by atoms with Crippen LogP contribution < -0.4 is 0 Å². The summed E-state index contributed by atoms with van der Waals surface area (Å²) in [5.41, 5.74) is 1.18. The molecule has 0 aliphatic carbocycles. The van der Waals surface area contributed by atoms with Crippen LogP contribution in [0.2, 0.25) is 0 Å². The highest BCUT2D eigenvalue weighted by Crippen LogP contribution is 2.38. The molecular formula is C17H15N3OS2. The van der Waals surface area contributed by atoms with Crippen molar-refractivity contribution in [2.75, 3.05) is 13.6 Å². The average Bonchev–Trinajstić information content (AvgIpc) is 3.15. The summed E-state index contributed by atoms with van der Waals surface area (Å²) in [6.07, 6.45) is 2.47. The lowest BCUT2D eigenvalue weighted by molar-refractivity contribution is -0.126. The number of thiophene rings is 1. The van der Waals surface area contributed by atoms with Crippen LogP contribution in [0.3, 0.4) is 0 Å². The summed E-state index contributed by atoms with van der Waals surface area (Å²) in [5, 5.41) is 1.92. The Labute approximate surface area is 142 Å². The predicted molar refractivity (Wildman–Crippen MR) is 94.8 cm³/mol. The number of likely N-dealkylation sites (tertiary alicyclic amines) is 1. The first-order valence-corrected chi connectivity index (χ1v) is 9.13. The van der Waals surface area contributed by atoms with E-state index in [9.17, 15) is 4.79 Å². The first kappa shape index (κ1) is 14.7. The number of hydrogen-bond acceptors (Lipinski definition) is 5. The lowest BCUT2D eigenvalue weighted by Gasteiger charge is -2.09. The third kappa shape index (κ3) is 2.72. The standard InChI is InChI=1S/C17H15N3OS2/c1-20-8-7-13(17(20)21)22-15-12-9-14(11-5-3-2-4-6-11)23-16(12)19-10-18-15/h2-6,9-10,13H,7-8H2,1H3. The maximum Gasteiger partial charge on any atom is 0.235 e. The van der Waals surface area contributed by atoms with Gasteiger partial charge < -0.3 is 4.90 Å². The number of carbonyl (C=O) groups is 1. The number of benzene rings is 1. The molecule has 0 radical (unpaired) electrons. The number of carbonyl (C=O) groups excluding carboxylic acids is 1. The number of amides is 1. The second-order valence-corrected chi connectivity index (χ2v) is 7.75. The molecule has 1 aromatic carbocycles. The molecule has 2 aromatic heterocycles. The summed E-state index contributed by atoms with van der Waals surface area (Å²) in [4.78, 5) is 24.9. The maximum absolute atomic E-state index is 12.1. The summed E-state index contributed by atoms with van der Waals surface area (Å²) in [6, 6.07) is 12.4. The molecule has 0 spiro atoms. The normalized spacial score (nSPS) is 18.0. The maximum atomic E-state index is 12.1. The van der Waals surface area contributed by atoms with Crippen molar-refractivity contribution in [1.82, 2.24) is 14.9 Å². The molecular weight excluding hydrogens is 326 g/mol. The van der Waals surface area contributed by atoms with Gasteiger partial charge in [0.1, 0.15) is 16.2 Å². The Morgan fingerprint density at radius 1 is 1.26 bits per heavy atom. The SMILES string of the molecule is CN1CCC(Sc2ncnc3sc(-c4ccccc4)cc23)C1=O. The Balaban J connectivity index is 1.71. The third-order valence-electron chi connectivity index (χ3n) is 3.98. The summed E-state index contributed by atoms with van der Waals surface area (Å²) < 4.78 is 0. The third-order valence-corrected chi connectivity index (χ3v) is 6.35. The van der Waals surface area contributed by atoms with Crippen LogP contribution >= 0.6 is 23.1 Å². The number of rotatable bonds is 3. The van der Waals surface area contributed by atoms with Gasteiger partial charge in [0.15, 0.2) is 0 Å². The Kier molecular flexibility index (Phi) is 3.79. The van der Waals surface area contributed by atoms with Crippen molar-refractivity contribution in [1.29, 1.82) is 0 Å². The average molecular weight is 341 g/mol. The van der Waals surface area contributed by atoms with E-state index in [0.29, 0.717) is 0 Å².